The van der Waals surface area contributed by atoms with E-state index in [2.05, 4.69) is 52.4 Å². The molecule has 1 aliphatic heterocycles. The third-order valence-electron chi connectivity index (χ3n) is 3.70. The second-order valence-corrected chi connectivity index (χ2v) is 6.52. The molecule has 1 aliphatic rings. The summed E-state index contributed by atoms with van der Waals surface area (Å²) < 4.78 is 0. The molecule has 86 valence electrons. The van der Waals surface area contributed by atoms with Crippen LogP contribution in [-0.2, 0) is 0 Å². The predicted octanol–water partition coefficient (Wildman–Crippen LogP) is 3.44. The van der Waals surface area contributed by atoms with Crippen LogP contribution in [0.3, 0.4) is 0 Å². The molecule has 0 bridgehead atoms. The number of hydrogen-bond acceptors (Lipinski definition) is 1. The molecule has 1 saturated heterocycles. The zero-order valence-corrected chi connectivity index (χ0v) is 11.1. The van der Waals surface area contributed by atoms with Gasteiger partial charge in [0.25, 0.3) is 0 Å². The molecule has 0 amide bonds. The molecule has 1 rings (SSSR count). The molecule has 0 aliphatic carbocycles. The number of nitrogens with zero attached hydrogens (tertiary/aromatic N) is 1. The molecule has 0 N–H and O–H groups in total. The van der Waals surface area contributed by atoms with Gasteiger partial charge in [0, 0.05) is 11.1 Å². The Morgan fingerprint density at radius 2 is 1.47 bits per heavy atom. The van der Waals surface area contributed by atoms with Crippen molar-refractivity contribution in [1.29, 1.82) is 0 Å². The van der Waals surface area contributed by atoms with Gasteiger partial charge in [-0.1, -0.05) is 5.92 Å². The van der Waals surface area contributed by atoms with E-state index in [4.69, 9.17) is 6.42 Å². The van der Waals surface area contributed by atoms with Gasteiger partial charge in [0.15, 0.2) is 0 Å². The SMILES string of the molecule is C#CC(C)(C)N1C(C)(C)CCCC1(C)C. The summed E-state index contributed by atoms with van der Waals surface area (Å²) in [7, 11) is 0. The Bertz CT molecular complexity index is 262. The van der Waals surface area contributed by atoms with E-state index in [0.717, 1.165) is 0 Å². The van der Waals surface area contributed by atoms with Gasteiger partial charge in [-0.15, -0.1) is 6.42 Å². The molecule has 0 spiro atoms. The lowest BCUT2D eigenvalue weighted by Crippen LogP contribution is -2.65. The zero-order valence-electron chi connectivity index (χ0n) is 11.1. The highest BCUT2D eigenvalue weighted by Gasteiger charge is 2.47. The van der Waals surface area contributed by atoms with Crippen LogP contribution in [0.1, 0.15) is 60.8 Å². The fourth-order valence-corrected chi connectivity index (χ4v) is 3.57. The average Bonchev–Trinajstić information content (AvgIpc) is 1.99. The van der Waals surface area contributed by atoms with Crippen molar-refractivity contribution in [2.45, 2.75) is 77.4 Å². The topological polar surface area (TPSA) is 3.24 Å². The van der Waals surface area contributed by atoms with E-state index < -0.39 is 0 Å². The fourth-order valence-electron chi connectivity index (χ4n) is 3.57. The molecular weight excluding hydrogens is 182 g/mol. The van der Waals surface area contributed by atoms with Crippen LogP contribution in [0.4, 0.5) is 0 Å². The molecule has 0 atom stereocenters. The van der Waals surface area contributed by atoms with Crippen LogP contribution in [0.5, 0.6) is 0 Å². The number of piperidine rings is 1. The summed E-state index contributed by atoms with van der Waals surface area (Å²) in [5, 5.41) is 0. The first kappa shape index (κ1) is 12.6. The standard InChI is InChI=1S/C14H25N/c1-8-12(2,3)15-13(4,5)10-9-11-14(15,6)7/h1H,9-11H2,2-7H3. The van der Waals surface area contributed by atoms with Crippen molar-refractivity contribution < 1.29 is 0 Å². The number of terminal acetylenes is 1. The minimum Gasteiger partial charge on any atom is -0.277 e. The van der Waals surface area contributed by atoms with Crippen LogP contribution in [0.2, 0.25) is 0 Å². The van der Waals surface area contributed by atoms with Gasteiger partial charge in [-0.25, -0.2) is 0 Å². The predicted molar refractivity (Wildman–Crippen MR) is 66.8 cm³/mol. The highest BCUT2D eigenvalue weighted by molar-refractivity contribution is 5.15. The highest BCUT2D eigenvalue weighted by atomic mass is 15.3. The van der Waals surface area contributed by atoms with Gasteiger partial charge in [0.1, 0.15) is 0 Å². The van der Waals surface area contributed by atoms with E-state index in [0.29, 0.717) is 0 Å². The molecule has 0 aromatic carbocycles. The third kappa shape index (κ3) is 2.21. The summed E-state index contributed by atoms with van der Waals surface area (Å²) in [6.07, 6.45) is 9.47. The monoisotopic (exact) mass is 207 g/mol. The zero-order chi connectivity index (χ0) is 11.9. The second-order valence-electron chi connectivity index (χ2n) is 6.52. The van der Waals surface area contributed by atoms with E-state index in [1.54, 1.807) is 0 Å². The lowest BCUT2D eigenvalue weighted by Gasteiger charge is -2.58. The highest BCUT2D eigenvalue weighted by Crippen LogP contribution is 2.42. The summed E-state index contributed by atoms with van der Waals surface area (Å²) >= 11 is 0. The van der Waals surface area contributed by atoms with Gasteiger partial charge in [-0.05, 0) is 60.8 Å². The lowest BCUT2D eigenvalue weighted by atomic mass is 9.76. The third-order valence-corrected chi connectivity index (χ3v) is 3.70. The number of rotatable bonds is 1. The first-order chi connectivity index (χ1) is 6.63. The Morgan fingerprint density at radius 1 is 1.07 bits per heavy atom. The van der Waals surface area contributed by atoms with Gasteiger partial charge in [-0.3, -0.25) is 4.90 Å². The Hall–Kier alpha value is -0.480. The molecule has 1 nitrogen and oxygen atoms in total. The molecule has 1 heteroatoms. The summed E-state index contributed by atoms with van der Waals surface area (Å²) in [6.45, 7) is 13.6. The molecule has 15 heavy (non-hydrogen) atoms. The normalized spacial score (nSPS) is 25.9. The Morgan fingerprint density at radius 3 is 1.80 bits per heavy atom. The van der Waals surface area contributed by atoms with Crippen LogP contribution in [-0.4, -0.2) is 21.5 Å². The first-order valence-corrected chi connectivity index (χ1v) is 5.92. The smallest absolute Gasteiger partial charge is 0.0774 e. The molecule has 1 heterocycles. The van der Waals surface area contributed by atoms with Crippen molar-refractivity contribution in [3.8, 4) is 12.3 Å². The maximum atomic E-state index is 5.69. The maximum Gasteiger partial charge on any atom is 0.0774 e. The van der Waals surface area contributed by atoms with E-state index >= 15 is 0 Å². The lowest BCUT2D eigenvalue weighted by molar-refractivity contribution is -0.0750. The Kier molecular flexibility index (Phi) is 2.96. The average molecular weight is 207 g/mol. The molecule has 0 unspecified atom stereocenters. The van der Waals surface area contributed by atoms with E-state index in [1.165, 1.54) is 19.3 Å². The quantitative estimate of drug-likeness (QED) is 0.595. The van der Waals surface area contributed by atoms with Crippen LogP contribution < -0.4 is 0 Å². The van der Waals surface area contributed by atoms with Crippen molar-refractivity contribution in [3.05, 3.63) is 0 Å². The Balaban J connectivity index is 3.14. The first-order valence-electron chi connectivity index (χ1n) is 5.92. The summed E-state index contributed by atoms with van der Waals surface area (Å²) in [6, 6.07) is 0. The minimum atomic E-state index is -0.159. The Labute approximate surface area is 95.2 Å². The van der Waals surface area contributed by atoms with Crippen molar-refractivity contribution >= 4 is 0 Å². The van der Waals surface area contributed by atoms with E-state index in [-0.39, 0.29) is 16.6 Å². The minimum absolute atomic E-state index is 0.159. The number of hydrogen-bond donors (Lipinski definition) is 0. The molecule has 0 aromatic rings. The van der Waals surface area contributed by atoms with Gasteiger partial charge in [0.05, 0.1) is 5.54 Å². The van der Waals surface area contributed by atoms with Crippen LogP contribution in [0, 0.1) is 12.3 Å². The van der Waals surface area contributed by atoms with Crippen molar-refractivity contribution in [2.24, 2.45) is 0 Å². The molecule has 0 radical (unpaired) electrons. The number of likely N-dealkylation sites (tertiary alicyclic amines) is 1. The summed E-state index contributed by atoms with van der Waals surface area (Å²) in [4.78, 5) is 2.52. The fraction of sp³-hybridized carbons (Fsp3) is 0.857. The second kappa shape index (κ2) is 3.52. The van der Waals surface area contributed by atoms with Gasteiger partial charge in [-0.2, -0.15) is 0 Å². The molecular formula is C14H25N. The molecule has 0 saturated carbocycles. The molecule has 1 fully saturated rings. The van der Waals surface area contributed by atoms with Crippen molar-refractivity contribution in [2.75, 3.05) is 0 Å². The van der Waals surface area contributed by atoms with Crippen molar-refractivity contribution in [1.82, 2.24) is 4.90 Å². The maximum absolute atomic E-state index is 5.69. The van der Waals surface area contributed by atoms with Crippen molar-refractivity contribution in [3.63, 3.8) is 0 Å². The van der Waals surface area contributed by atoms with E-state index in [1.807, 2.05) is 0 Å². The molecule has 0 aromatic heterocycles. The van der Waals surface area contributed by atoms with Gasteiger partial charge >= 0.3 is 0 Å². The largest absolute Gasteiger partial charge is 0.277 e. The van der Waals surface area contributed by atoms with Crippen LogP contribution in [0.15, 0.2) is 0 Å². The van der Waals surface area contributed by atoms with Gasteiger partial charge < -0.3 is 0 Å². The van der Waals surface area contributed by atoms with Crippen LogP contribution >= 0.6 is 0 Å². The van der Waals surface area contributed by atoms with E-state index in [9.17, 15) is 0 Å². The summed E-state index contributed by atoms with van der Waals surface area (Å²) in [5.74, 6) is 2.95. The van der Waals surface area contributed by atoms with Crippen LogP contribution in [0.25, 0.3) is 0 Å². The van der Waals surface area contributed by atoms with Gasteiger partial charge in [0.2, 0.25) is 0 Å². The summed E-state index contributed by atoms with van der Waals surface area (Å²) in [5.41, 5.74) is 0.253.